The summed E-state index contributed by atoms with van der Waals surface area (Å²) >= 11 is 0. The third-order valence-corrected chi connectivity index (χ3v) is 3.03. The minimum Gasteiger partial charge on any atom is -0.481 e. The normalized spacial score (nSPS) is 10.4. The van der Waals surface area contributed by atoms with E-state index >= 15 is 0 Å². The SMILES string of the molecule is Cc1noc(-c2ccccc2C(=O)NCCCCC(=O)O)n1. The van der Waals surface area contributed by atoms with Crippen LogP contribution >= 0.6 is 0 Å². The van der Waals surface area contributed by atoms with E-state index in [4.69, 9.17) is 9.63 Å². The first kappa shape index (κ1) is 15.7. The molecule has 1 aromatic carbocycles. The molecule has 2 N–H and O–H groups in total. The minimum atomic E-state index is -0.830. The maximum Gasteiger partial charge on any atom is 0.303 e. The van der Waals surface area contributed by atoms with Crippen molar-refractivity contribution in [3.8, 4) is 11.5 Å². The van der Waals surface area contributed by atoms with E-state index in [1.54, 1.807) is 31.2 Å². The molecule has 2 aromatic rings. The Balaban J connectivity index is 2.00. The Hall–Kier alpha value is -2.70. The molecule has 0 saturated carbocycles. The zero-order valence-electron chi connectivity index (χ0n) is 12.2. The molecule has 0 unspecified atom stereocenters. The van der Waals surface area contributed by atoms with E-state index in [1.807, 2.05) is 0 Å². The summed E-state index contributed by atoms with van der Waals surface area (Å²) in [5.41, 5.74) is 1.02. The minimum absolute atomic E-state index is 0.105. The van der Waals surface area contributed by atoms with Gasteiger partial charge in [-0.3, -0.25) is 9.59 Å². The molecule has 0 aliphatic carbocycles. The first-order chi connectivity index (χ1) is 10.6. The second-order valence-corrected chi connectivity index (χ2v) is 4.80. The van der Waals surface area contributed by atoms with Gasteiger partial charge in [0.25, 0.3) is 11.8 Å². The van der Waals surface area contributed by atoms with Gasteiger partial charge in [0, 0.05) is 13.0 Å². The number of carbonyl (C=O) groups excluding carboxylic acids is 1. The van der Waals surface area contributed by atoms with E-state index in [2.05, 4.69) is 15.5 Å². The van der Waals surface area contributed by atoms with Crippen molar-refractivity contribution in [2.24, 2.45) is 0 Å². The highest BCUT2D eigenvalue weighted by Crippen LogP contribution is 2.21. The largest absolute Gasteiger partial charge is 0.481 e. The Morgan fingerprint density at radius 1 is 1.27 bits per heavy atom. The van der Waals surface area contributed by atoms with Gasteiger partial charge in [-0.2, -0.15) is 4.98 Å². The topological polar surface area (TPSA) is 105 Å². The summed E-state index contributed by atoms with van der Waals surface area (Å²) in [6, 6.07) is 6.97. The van der Waals surface area contributed by atoms with Crippen LogP contribution in [0.5, 0.6) is 0 Å². The van der Waals surface area contributed by atoms with Crippen LogP contribution < -0.4 is 5.32 Å². The highest BCUT2D eigenvalue weighted by atomic mass is 16.5. The number of amides is 1. The van der Waals surface area contributed by atoms with Crippen LogP contribution in [0.25, 0.3) is 11.5 Å². The van der Waals surface area contributed by atoms with Gasteiger partial charge in [0.15, 0.2) is 5.82 Å². The van der Waals surface area contributed by atoms with E-state index in [9.17, 15) is 9.59 Å². The number of nitrogens with zero attached hydrogens (tertiary/aromatic N) is 2. The zero-order valence-corrected chi connectivity index (χ0v) is 12.2. The van der Waals surface area contributed by atoms with Crippen molar-refractivity contribution in [2.75, 3.05) is 6.54 Å². The lowest BCUT2D eigenvalue weighted by Crippen LogP contribution is -2.25. The van der Waals surface area contributed by atoms with Crippen molar-refractivity contribution in [3.63, 3.8) is 0 Å². The summed E-state index contributed by atoms with van der Waals surface area (Å²) in [7, 11) is 0. The fraction of sp³-hybridized carbons (Fsp3) is 0.333. The lowest BCUT2D eigenvalue weighted by atomic mass is 10.1. The zero-order chi connectivity index (χ0) is 15.9. The average Bonchev–Trinajstić information content (AvgIpc) is 2.93. The number of aliphatic carboxylic acids is 1. The van der Waals surface area contributed by atoms with Crippen molar-refractivity contribution in [1.29, 1.82) is 0 Å². The molecular formula is C15H17N3O4. The molecule has 22 heavy (non-hydrogen) atoms. The molecule has 0 atom stereocenters. The third kappa shape index (κ3) is 4.15. The average molecular weight is 303 g/mol. The van der Waals surface area contributed by atoms with Gasteiger partial charge in [-0.15, -0.1) is 0 Å². The maximum atomic E-state index is 12.2. The van der Waals surface area contributed by atoms with E-state index in [0.717, 1.165) is 0 Å². The molecule has 0 fully saturated rings. The number of aryl methyl sites for hydroxylation is 1. The predicted molar refractivity (Wildman–Crippen MR) is 78.3 cm³/mol. The van der Waals surface area contributed by atoms with Crippen LogP contribution in [-0.2, 0) is 4.79 Å². The predicted octanol–water partition coefficient (Wildman–Crippen LogP) is 2.03. The molecule has 0 saturated heterocycles. The molecular weight excluding hydrogens is 286 g/mol. The standard InChI is InChI=1S/C15H17N3O4/c1-10-17-15(22-18-10)12-7-3-2-6-11(12)14(21)16-9-5-4-8-13(19)20/h2-3,6-7H,4-5,8-9H2,1H3,(H,16,21)(H,19,20). The molecule has 1 aromatic heterocycles. The molecule has 0 aliphatic rings. The molecule has 2 rings (SSSR count). The molecule has 7 nitrogen and oxygen atoms in total. The Morgan fingerprint density at radius 2 is 2.05 bits per heavy atom. The quantitative estimate of drug-likeness (QED) is 0.758. The highest BCUT2D eigenvalue weighted by molar-refractivity contribution is 5.99. The Kier molecular flexibility index (Phi) is 5.24. The monoisotopic (exact) mass is 303 g/mol. The summed E-state index contributed by atoms with van der Waals surface area (Å²) < 4.78 is 5.10. The van der Waals surface area contributed by atoms with Crippen LogP contribution in [0.1, 0.15) is 35.4 Å². The molecule has 0 radical (unpaired) electrons. The number of carboxylic acids is 1. The van der Waals surface area contributed by atoms with E-state index in [-0.39, 0.29) is 12.3 Å². The Labute approximate surface area is 127 Å². The lowest BCUT2D eigenvalue weighted by Gasteiger charge is -2.07. The van der Waals surface area contributed by atoms with Crippen LogP contribution in [0.15, 0.2) is 28.8 Å². The van der Waals surface area contributed by atoms with Crippen molar-refractivity contribution in [3.05, 3.63) is 35.7 Å². The van der Waals surface area contributed by atoms with Crippen LogP contribution in [0.2, 0.25) is 0 Å². The molecule has 1 heterocycles. The fourth-order valence-electron chi connectivity index (χ4n) is 1.97. The Bertz CT molecular complexity index is 666. The summed E-state index contributed by atoms with van der Waals surface area (Å²) in [4.78, 5) is 26.8. The van der Waals surface area contributed by atoms with Crippen LogP contribution in [-0.4, -0.2) is 33.7 Å². The summed E-state index contributed by atoms with van der Waals surface area (Å²) in [6.07, 6.45) is 1.24. The molecule has 116 valence electrons. The number of hydrogen-bond donors (Lipinski definition) is 2. The number of benzene rings is 1. The van der Waals surface area contributed by atoms with Gasteiger partial charge in [-0.1, -0.05) is 17.3 Å². The second-order valence-electron chi connectivity index (χ2n) is 4.80. The molecule has 0 spiro atoms. The van der Waals surface area contributed by atoms with Crippen LogP contribution in [0, 0.1) is 6.92 Å². The van der Waals surface area contributed by atoms with Gasteiger partial charge < -0.3 is 14.9 Å². The van der Waals surface area contributed by atoms with E-state index in [1.165, 1.54) is 0 Å². The summed E-state index contributed by atoms with van der Waals surface area (Å²) in [5.74, 6) is -0.279. The fourth-order valence-corrected chi connectivity index (χ4v) is 1.97. The molecule has 1 amide bonds. The van der Waals surface area contributed by atoms with Crippen molar-refractivity contribution in [2.45, 2.75) is 26.2 Å². The smallest absolute Gasteiger partial charge is 0.303 e. The second kappa shape index (κ2) is 7.35. The van der Waals surface area contributed by atoms with Gasteiger partial charge in [0.1, 0.15) is 0 Å². The number of aromatic nitrogens is 2. The van der Waals surface area contributed by atoms with Crippen LogP contribution in [0.4, 0.5) is 0 Å². The van der Waals surface area contributed by atoms with E-state index < -0.39 is 5.97 Å². The number of carboxylic acid groups (broad SMARTS) is 1. The molecule has 0 aliphatic heterocycles. The number of unbranched alkanes of at least 4 members (excludes halogenated alkanes) is 1. The summed E-state index contributed by atoms with van der Waals surface area (Å²) in [5, 5.41) is 15.0. The van der Waals surface area contributed by atoms with Crippen LogP contribution in [0.3, 0.4) is 0 Å². The number of rotatable bonds is 7. The summed E-state index contributed by atoms with van der Waals surface area (Å²) in [6.45, 7) is 2.13. The Morgan fingerprint density at radius 3 is 2.73 bits per heavy atom. The third-order valence-electron chi connectivity index (χ3n) is 3.03. The number of nitrogens with one attached hydrogen (secondary N) is 1. The molecule has 7 heteroatoms. The van der Waals surface area contributed by atoms with Crippen molar-refractivity contribution >= 4 is 11.9 Å². The van der Waals surface area contributed by atoms with Gasteiger partial charge in [0.05, 0.1) is 11.1 Å². The highest BCUT2D eigenvalue weighted by Gasteiger charge is 2.16. The lowest BCUT2D eigenvalue weighted by molar-refractivity contribution is -0.137. The van der Waals surface area contributed by atoms with E-state index in [0.29, 0.717) is 42.2 Å². The number of carbonyl (C=O) groups is 2. The number of hydrogen-bond acceptors (Lipinski definition) is 5. The molecule has 0 bridgehead atoms. The first-order valence-corrected chi connectivity index (χ1v) is 6.97. The van der Waals surface area contributed by atoms with Gasteiger partial charge >= 0.3 is 5.97 Å². The van der Waals surface area contributed by atoms with Gasteiger partial charge in [0.2, 0.25) is 0 Å². The first-order valence-electron chi connectivity index (χ1n) is 6.97. The van der Waals surface area contributed by atoms with Crippen molar-refractivity contribution in [1.82, 2.24) is 15.5 Å². The van der Waals surface area contributed by atoms with Gasteiger partial charge in [-0.05, 0) is 31.9 Å². The van der Waals surface area contributed by atoms with Crippen molar-refractivity contribution < 1.29 is 19.2 Å². The van der Waals surface area contributed by atoms with Gasteiger partial charge in [-0.25, -0.2) is 0 Å². The maximum absolute atomic E-state index is 12.2.